The third kappa shape index (κ3) is 2.75. The fourth-order valence-electron chi connectivity index (χ4n) is 5.03. The van der Waals surface area contributed by atoms with Crippen LogP contribution in [0.3, 0.4) is 0 Å². The molecule has 5 rings (SSSR count). The maximum Gasteiger partial charge on any atom is -0.00199 e. The Kier molecular flexibility index (Phi) is 3.98. The third-order valence-electron chi connectivity index (χ3n) is 6.46. The minimum atomic E-state index is 0.864. The van der Waals surface area contributed by atoms with Gasteiger partial charge < -0.3 is 5.32 Å². The second-order valence-corrected chi connectivity index (χ2v) is 7.98. The molecule has 1 aliphatic heterocycles. The molecule has 1 atom stereocenters. The van der Waals surface area contributed by atoms with Gasteiger partial charge in [0.25, 0.3) is 0 Å². The Hall–Kier alpha value is -1.86. The van der Waals surface area contributed by atoms with Crippen molar-refractivity contribution in [3.05, 3.63) is 59.2 Å². The van der Waals surface area contributed by atoms with Crippen molar-refractivity contribution in [2.24, 2.45) is 5.92 Å². The van der Waals surface area contributed by atoms with Crippen LogP contribution in [0.1, 0.15) is 42.4 Å². The zero-order chi connectivity index (χ0) is 16.6. The van der Waals surface area contributed by atoms with Gasteiger partial charge in [0.2, 0.25) is 0 Å². The molecule has 25 heavy (non-hydrogen) atoms. The molecule has 1 nitrogen and oxygen atoms in total. The quantitative estimate of drug-likeness (QED) is 0.633. The van der Waals surface area contributed by atoms with E-state index in [1.807, 2.05) is 0 Å². The molecule has 0 bridgehead atoms. The predicted molar refractivity (Wildman–Crippen MR) is 107 cm³/mol. The summed E-state index contributed by atoms with van der Waals surface area (Å²) < 4.78 is 0. The van der Waals surface area contributed by atoms with Crippen molar-refractivity contribution in [1.29, 1.82) is 0 Å². The van der Waals surface area contributed by atoms with Crippen molar-refractivity contribution in [2.45, 2.75) is 44.9 Å². The molecule has 128 valence electrons. The Labute approximate surface area is 150 Å². The minimum absolute atomic E-state index is 0.864. The average Bonchev–Trinajstić information content (AvgIpc) is 3.19. The standard InChI is InChI=1S/C24H27N/c1-2-6-20-18(4-1)10-11-24-22-7-3-5-19(21(22)12-13-23(20)24)9-8-17-14-15-25-16-17/h3,5,7,10-13,17,25H,1-2,4,6,8-9,14-16H2/t17-/m1/s1. The van der Waals surface area contributed by atoms with Crippen LogP contribution in [0.15, 0.2) is 42.5 Å². The van der Waals surface area contributed by atoms with Gasteiger partial charge in [-0.05, 0) is 102 Å². The highest BCUT2D eigenvalue weighted by Crippen LogP contribution is 2.34. The van der Waals surface area contributed by atoms with Gasteiger partial charge in [0.05, 0.1) is 0 Å². The third-order valence-corrected chi connectivity index (χ3v) is 6.46. The van der Waals surface area contributed by atoms with Crippen molar-refractivity contribution < 1.29 is 0 Å². The van der Waals surface area contributed by atoms with Crippen LogP contribution in [0.25, 0.3) is 21.5 Å². The van der Waals surface area contributed by atoms with E-state index in [4.69, 9.17) is 0 Å². The monoisotopic (exact) mass is 329 g/mol. The fourth-order valence-corrected chi connectivity index (χ4v) is 5.03. The summed E-state index contributed by atoms with van der Waals surface area (Å²) >= 11 is 0. The first-order chi connectivity index (χ1) is 12.4. The van der Waals surface area contributed by atoms with E-state index in [-0.39, 0.29) is 0 Å². The summed E-state index contributed by atoms with van der Waals surface area (Å²) in [5.41, 5.74) is 4.74. The van der Waals surface area contributed by atoms with E-state index in [1.165, 1.54) is 85.1 Å². The van der Waals surface area contributed by atoms with E-state index in [1.54, 1.807) is 11.1 Å². The molecule has 1 aliphatic carbocycles. The van der Waals surface area contributed by atoms with E-state index in [0.717, 1.165) is 5.92 Å². The van der Waals surface area contributed by atoms with Crippen LogP contribution < -0.4 is 5.32 Å². The summed E-state index contributed by atoms with van der Waals surface area (Å²) in [5, 5.41) is 9.38. The summed E-state index contributed by atoms with van der Waals surface area (Å²) in [6.07, 6.45) is 9.09. The summed E-state index contributed by atoms with van der Waals surface area (Å²) in [4.78, 5) is 0. The molecule has 0 unspecified atom stereocenters. The fraction of sp³-hybridized carbons (Fsp3) is 0.417. The van der Waals surface area contributed by atoms with E-state index in [9.17, 15) is 0 Å². The van der Waals surface area contributed by atoms with Crippen molar-refractivity contribution in [3.8, 4) is 0 Å². The van der Waals surface area contributed by atoms with Crippen LogP contribution in [0, 0.1) is 5.92 Å². The van der Waals surface area contributed by atoms with E-state index in [0.29, 0.717) is 0 Å². The Morgan fingerprint density at radius 3 is 2.60 bits per heavy atom. The van der Waals surface area contributed by atoms with E-state index < -0.39 is 0 Å². The lowest BCUT2D eigenvalue weighted by Gasteiger charge is -2.19. The number of fused-ring (bicyclic) bond motifs is 5. The number of rotatable bonds is 3. The van der Waals surface area contributed by atoms with Crippen molar-refractivity contribution in [1.82, 2.24) is 5.32 Å². The largest absolute Gasteiger partial charge is 0.316 e. The first-order valence-corrected chi connectivity index (χ1v) is 10.1. The Morgan fingerprint density at radius 1 is 0.840 bits per heavy atom. The summed E-state index contributed by atoms with van der Waals surface area (Å²) in [7, 11) is 0. The topological polar surface area (TPSA) is 12.0 Å². The highest BCUT2D eigenvalue weighted by atomic mass is 14.9. The number of nitrogens with one attached hydrogen (secondary N) is 1. The second kappa shape index (κ2) is 6.46. The van der Waals surface area contributed by atoms with Crippen LogP contribution in [-0.2, 0) is 19.3 Å². The van der Waals surface area contributed by atoms with Crippen LogP contribution >= 0.6 is 0 Å². The SMILES string of the molecule is c1cc(CC[C@@H]2CCNC2)c2ccc3c4c(ccc3c2c1)CCCC4. The van der Waals surface area contributed by atoms with Crippen LogP contribution in [-0.4, -0.2) is 13.1 Å². The molecule has 3 aromatic rings. The highest BCUT2D eigenvalue weighted by molar-refractivity contribution is 6.09. The molecule has 1 saturated heterocycles. The summed E-state index contributed by atoms with van der Waals surface area (Å²) in [6, 6.07) is 16.5. The minimum Gasteiger partial charge on any atom is -0.316 e. The Bertz CT molecular complexity index is 918. The molecule has 2 aliphatic rings. The molecular weight excluding hydrogens is 302 g/mol. The van der Waals surface area contributed by atoms with Gasteiger partial charge in [-0.1, -0.05) is 42.5 Å². The Balaban J connectivity index is 1.58. The zero-order valence-electron chi connectivity index (χ0n) is 15.0. The van der Waals surface area contributed by atoms with E-state index >= 15 is 0 Å². The maximum atomic E-state index is 3.50. The lowest BCUT2D eigenvalue weighted by Crippen LogP contribution is -2.09. The summed E-state index contributed by atoms with van der Waals surface area (Å²) in [6.45, 7) is 2.41. The van der Waals surface area contributed by atoms with Crippen LogP contribution in [0.5, 0.6) is 0 Å². The number of hydrogen-bond acceptors (Lipinski definition) is 1. The molecule has 0 amide bonds. The van der Waals surface area contributed by atoms with Crippen molar-refractivity contribution >= 4 is 21.5 Å². The van der Waals surface area contributed by atoms with Gasteiger partial charge in [0.1, 0.15) is 0 Å². The van der Waals surface area contributed by atoms with Gasteiger partial charge in [-0.25, -0.2) is 0 Å². The molecule has 1 heteroatoms. The first-order valence-electron chi connectivity index (χ1n) is 10.1. The number of hydrogen-bond donors (Lipinski definition) is 1. The van der Waals surface area contributed by atoms with Crippen LogP contribution in [0.4, 0.5) is 0 Å². The molecule has 0 radical (unpaired) electrons. The van der Waals surface area contributed by atoms with Crippen molar-refractivity contribution in [2.75, 3.05) is 13.1 Å². The average molecular weight is 329 g/mol. The lowest BCUT2D eigenvalue weighted by molar-refractivity contribution is 0.534. The van der Waals surface area contributed by atoms with Gasteiger partial charge in [0, 0.05) is 0 Å². The normalized spacial score (nSPS) is 20.2. The molecule has 1 N–H and O–H groups in total. The molecule has 0 saturated carbocycles. The van der Waals surface area contributed by atoms with Gasteiger partial charge in [-0.3, -0.25) is 0 Å². The van der Waals surface area contributed by atoms with Gasteiger partial charge in [-0.2, -0.15) is 0 Å². The smallest absolute Gasteiger partial charge is 0.00199 e. The van der Waals surface area contributed by atoms with Gasteiger partial charge >= 0.3 is 0 Å². The van der Waals surface area contributed by atoms with Crippen LogP contribution in [0.2, 0.25) is 0 Å². The number of benzene rings is 3. The molecule has 1 fully saturated rings. The Morgan fingerprint density at radius 2 is 1.68 bits per heavy atom. The lowest BCUT2D eigenvalue weighted by atomic mass is 9.85. The molecule has 0 aromatic heterocycles. The van der Waals surface area contributed by atoms with Gasteiger partial charge in [-0.15, -0.1) is 0 Å². The first kappa shape index (κ1) is 15.4. The van der Waals surface area contributed by atoms with Gasteiger partial charge in [0.15, 0.2) is 0 Å². The maximum absolute atomic E-state index is 3.50. The molecule has 1 heterocycles. The molecule has 3 aromatic carbocycles. The highest BCUT2D eigenvalue weighted by Gasteiger charge is 2.16. The molecular formula is C24H27N. The molecule has 0 spiro atoms. The second-order valence-electron chi connectivity index (χ2n) is 7.98. The zero-order valence-corrected chi connectivity index (χ0v) is 15.0. The van der Waals surface area contributed by atoms with Crippen molar-refractivity contribution in [3.63, 3.8) is 0 Å². The van der Waals surface area contributed by atoms with E-state index in [2.05, 4.69) is 47.8 Å². The summed E-state index contributed by atoms with van der Waals surface area (Å²) in [5.74, 6) is 0.864. The predicted octanol–water partition coefficient (Wildman–Crippen LogP) is 5.41. The number of aryl methyl sites for hydroxylation is 3.